The van der Waals surface area contributed by atoms with Gasteiger partial charge in [0.05, 0.1) is 11.6 Å². The average molecular weight is 304 g/mol. The third-order valence-corrected chi connectivity index (χ3v) is 3.39. The third kappa shape index (κ3) is 4.39. The van der Waals surface area contributed by atoms with Crippen molar-refractivity contribution in [3.05, 3.63) is 35.7 Å². The van der Waals surface area contributed by atoms with Crippen molar-refractivity contribution in [2.75, 3.05) is 11.9 Å². The average Bonchev–Trinajstić information content (AvgIpc) is 2.94. The summed E-state index contributed by atoms with van der Waals surface area (Å²) in [6.07, 6.45) is 0. The van der Waals surface area contributed by atoms with E-state index >= 15 is 0 Å². The topological polar surface area (TPSA) is 68.3 Å². The summed E-state index contributed by atoms with van der Waals surface area (Å²) in [6.45, 7) is 3.14. The van der Waals surface area contributed by atoms with Crippen LogP contribution in [0.5, 0.6) is 0 Å². The number of aromatic nitrogens is 1. The van der Waals surface area contributed by atoms with Crippen LogP contribution in [0.4, 0.5) is 5.13 Å². The SMILES string of the molecule is CC(C)C(=O)OCC(=O)Nc1nc(-c2ccccc2)cs1. The molecule has 0 radical (unpaired) electrons. The van der Waals surface area contributed by atoms with E-state index < -0.39 is 11.9 Å². The summed E-state index contributed by atoms with van der Waals surface area (Å²) < 4.78 is 4.85. The first-order chi connectivity index (χ1) is 10.1. The molecule has 0 bridgehead atoms. The lowest BCUT2D eigenvalue weighted by Crippen LogP contribution is -2.22. The molecule has 0 saturated carbocycles. The molecule has 5 nitrogen and oxygen atoms in total. The van der Waals surface area contributed by atoms with Crippen LogP contribution in [0, 0.1) is 5.92 Å². The first kappa shape index (κ1) is 15.2. The van der Waals surface area contributed by atoms with E-state index in [-0.39, 0.29) is 12.5 Å². The van der Waals surface area contributed by atoms with Gasteiger partial charge in [0.25, 0.3) is 5.91 Å². The van der Waals surface area contributed by atoms with Crippen molar-refractivity contribution in [3.8, 4) is 11.3 Å². The summed E-state index contributed by atoms with van der Waals surface area (Å²) in [5.74, 6) is -1.03. The summed E-state index contributed by atoms with van der Waals surface area (Å²) in [5.41, 5.74) is 1.79. The predicted molar refractivity (Wildman–Crippen MR) is 82.0 cm³/mol. The van der Waals surface area contributed by atoms with Crippen LogP contribution in [0.15, 0.2) is 35.7 Å². The highest BCUT2D eigenvalue weighted by Gasteiger charge is 2.12. The lowest BCUT2D eigenvalue weighted by Gasteiger charge is -2.06. The van der Waals surface area contributed by atoms with Gasteiger partial charge in [-0.2, -0.15) is 0 Å². The van der Waals surface area contributed by atoms with Crippen LogP contribution in [-0.2, 0) is 14.3 Å². The maximum atomic E-state index is 11.7. The zero-order valence-electron chi connectivity index (χ0n) is 11.8. The van der Waals surface area contributed by atoms with Gasteiger partial charge in [-0.1, -0.05) is 44.2 Å². The molecule has 0 unspecified atom stereocenters. The first-order valence-corrected chi connectivity index (χ1v) is 7.41. The van der Waals surface area contributed by atoms with E-state index in [4.69, 9.17) is 4.74 Å². The Bertz CT molecular complexity index is 623. The molecule has 21 heavy (non-hydrogen) atoms. The number of rotatable bonds is 5. The minimum Gasteiger partial charge on any atom is -0.455 e. The van der Waals surface area contributed by atoms with Crippen LogP contribution in [0.3, 0.4) is 0 Å². The van der Waals surface area contributed by atoms with Gasteiger partial charge in [-0.3, -0.25) is 14.9 Å². The van der Waals surface area contributed by atoms with Crippen LogP contribution >= 0.6 is 11.3 Å². The summed E-state index contributed by atoms with van der Waals surface area (Å²) in [6, 6.07) is 9.69. The maximum absolute atomic E-state index is 11.7. The van der Waals surface area contributed by atoms with Crippen LogP contribution in [0.1, 0.15) is 13.8 Å². The van der Waals surface area contributed by atoms with Crippen LogP contribution in [-0.4, -0.2) is 23.5 Å². The Kier molecular flexibility index (Phi) is 5.05. The second-order valence-electron chi connectivity index (χ2n) is 4.71. The number of hydrogen-bond donors (Lipinski definition) is 1. The second-order valence-corrected chi connectivity index (χ2v) is 5.57. The monoisotopic (exact) mass is 304 g/mol. The Hall–Kier alpha value is -2.21. The number of thiazole rings is 1. The summed E-state index contributed by atoms with van der Waals surface area (Å²) >= 11 is 1.33. The largest absolute Gasteiger partial charge is 0.455 e. The van der Waals surface area contributed by atoms with Crippen LogP contribution in [0.25, 0.3) is 11.3 Å². The Morgan fingerprint density at radius 2 is 2.00 bits per heavy atom. The summed E-state index contributed by atoms with van der Waals surface area (Å²) in [7, 11) is 0. The van der Waals surface area contributed by atoms with E-state index in [0.717, 1.165) is 11.3 Å². The standard InChI is InChI=1S/C15H16N2O3S/c1-10(2)14(19)20-8-13(18)17-15-16-12(9-21-15)11-6-4-3-5-7-11/h3-7,9-10H,8H2,1-2H3,(H,16,17,18). The molecule has 0 aliphatic rings. The molecule has 0 fully saturated rings. The highest BCUT2D eigenvalue weighted by Crippen LogP contribution is 2.24. The maximum Gasteiger partial charge on any atom is 0.308 e. The molecule has 2 rings (SSSR count). The van der Waals surface area contributed by atoms with E-state index in [0.29, 0.717) is 5.13 Å². The van der Waals surface area contributed by atoms with Gasteiger partial charge in [0.1, 0.15) is 0 Å². The van der Waals surface area contributed by atoms with Gasteiger partial charge >= 0.3 is 5.97 Å². The number of carbonyl (C=O) groups is 2. The van der Waals surface area contributed by atoms with Crippen molar-refractivity contribution >= 4 is 28.3 Å². The molecule has 1 aromatic heterocycles. The number of benzene rings is 1. The van der Waals surface area contributed by atoms with E-state index in [1.165, 1.54) is 11.3 Å². The molecule has 1 N–H and O–H groups in total. The minimum atomic E-state index is -0.394. The van der Waals surface area contributed by atoms with E-state index in [1.54, 1.807) is 13.8 Å². The van der Waals surface area contributed by atoms with E-state index in [2.05, 4.69) is 10.3 Å². The van der Waals surface area contributed by atoms with E-state index in [1.807, 2.05) is 35.7 Å². The van der Waals surface area contributed by atoms with Crippen LogP contribution < -0.4 is 5.32 Å². The molecule has 110 valence electrons. The number of esters is 1. The van der Waals surface area contributed by atoms with Crippen molar-refractivity contribution in [1.82, 2.24) is 4.98 Å². The molecule has 1 heterocycles. The Morgan fingerprint density at radius 1 is 1.29 bits per heavy atom. The molecule has 1 aromatic carbocycles. The van der Waals surface area contributed by atoms with Gasteiger partial charge in [0, 0.05) is 10.9 Å². The second kappa shape index (κ2) is 6.99. The number of hydrogen-bond acceptors (Lipinski definition) is 5. The number of amides is 1. The van der Waals surface area contributed by atoms with Crippen molar-refractivity contribution < 1.29 is 14.3 Å². The summed E-state index contributed by atoms with van der Waals surface area (Å²) in [5, 5.41) is 4.97. The van der Waals surface area contributed by atoms with Gasteiger partial charge in [-0.25, -0.2) is 4.98 Å². The van der Waals surface area contributed by atoms with E-state index in [9.17, 15) is 9.59 Å². The van der Waals surface area contributed by atoms with Gasteiger partial charge < -0.3 is 4.74 Å². The highest BCUT2D eigenvalue weighted by molar-refractivity contribution is 7.14. The molecule has 0 saturated heterocycles. The number of nitrogens with one attached hydrogen (secondary N) is 1. The highest BCUT2D eigenvalue weighted by atomic mass is 32.1. The zero-order chi connectivity index (χ0) is 15.2. The van der Waals surface area contributed by atoms with Gasteiger partial charge in [0.15, 0.2) is 11.7 Å². The number of carbonyl (C=O) groups excluding carboxylic acids is 2. The number of anilines is 1. The fraction of sp³-hybridized carbons (Fsp3) is 0.267. The minimum absolute atomic E-state index is 0.248. The molecule has 2 aromatic rings. The lowest BCUT2D eigenvalue weighted by molar-refractivity contribution is -0.150. The van der Waals surface area contributed by atoms with Crippen molar-refractivity contribution in [2.24, 2.45) is 5.92 Å². The van der Waals surface area contributed by atoms with Gasteiger partial charge in [0.2, 0.25) is 0 Å². The van der Waals surface area contributed by atoms with Crippen LogP contribution in [0.2, 0.25) is 0 Å². The van der Waals surface area contributed by atoms with Crippen molar-refractivity contribution in [2.45, 2.75) is 13.8 Å². The summed E-state index contributed by atoms with van der Waals surface area (Å²) in [4.78, 5) is 27.3. The Labute approximate surface area is 127 Å². The normalized spacial score (nSPS) is 10.4. The molecule has 0 aliphatic heterocycles. The molecular formula is C15H16N2O3S. The van der Waals surface area contributed by atoms with Gasteiger partial charge in [-0.05, 0) is 0 Å². The molecule has 1 amide bonds. The third-order valence-electron chi connectivity index (χ3n) is 2.64. The lowest BCUT2D eigenvalue weighted by atomic mass is 10.2. The smallest absolute Gasteiger partial charge is 0.308 e. The first-order valence-electron chi connectivity index (χ1n) is 6.53. The molecule has 0 aliphatic carbocycles. The Morgan fingerprint density at radius 3 is 2.67 bits per heavy atom. The van der Waals surface area contributed by atoms with Crippen molar-refractivity contribution in [1.29, 1.82) is 0 Å². The zero-order valence-corrected chi connectivity index (χ0v) is 12.6. The molecule has 0 atom stereocenters. The molecular weight excluding hydrogens is 288 g/mol. The Balaban J connectivity index is 1.91. The van der Waals surface area contributed by atoms with Crippen molar-refractivity contribution in [3.63, 3.8) is 0 Å². The number of nitrogens with zero attached hydrogens (tertiary/aromatic N) is 1. The fourth-order valence-electron chi connectivity index (χ4n) is 1.53. The molecule has 6 heteroatoms. The quantitative estimate of drug-likeness (QED) is 0.862. The fourth-order valence-corrected chi connectivity index (χ4v) is 2.27. The predicted octanol–water partition coefficient (Wildman–Crippen LogP) is 2.95. The van der Waals surface area contributed by atoms with Gasteiger partial charge in [-0.15, -0.1) is 11.3 Å². The number of ether oxygens (including phenoxy) is 1. The molecule has 0 spiro atoms.